The number of hydrogen-bond acceptors (Lipinski definition) is 2. The van der Waals surface area contributed by atoms with Gasteiger partial charge in [0.1, 0.15) is 11.6 Å². The molecule has 0 heterocycles. The number of phenolic OH excluding ortho intramolecular Hbond substituents is 1. The largest absolute Gasteiger partial charge is 0.508 e. The van der Waals surface area contributed by atoms with Crippen molar-refractivity contribution < 1.29 is 19.4 Å². The molecule has 0 spiro atoms. The first-order valence-electron chi connectivity index (χ1n) is 9.59. The Hall–Kier alpha value is -3.40. The summed E-state index contributed by atoms with van der Waals surface area (Å²) in [5, 5.41) is 18.7. The van der Waals surface area contributed by atoms with Gasteiger partial charge in [0.05, 0.1) is 0 Å². The lowest BCUT2D eigenvalue weighted by atomic mass is 9.69. The van der Waals surface area contributed by atoms with E-state index in [4.69, 9.17) is 5.11 Å². The van der Waals surface area contributed by atoms with Gasteiger partial charge in [0.2, 0.25) is 0 Å². The molecule has 0 aromatic heterocycles. The van der Waals surface area contributed by atoms with Crippen molar-refractivity contribution in [3.8, 4) is 5.75 Å². The maximum Gasteiger partial charge on any atom is 0.328 e. The SMILES string of the molecule is O=C(O)C=Cc1ccc([C@@H]2c3ccc(O)cc3CC[C@@H]2c2ccc(F)cc2)cc1. The molecule has 2 atom stereocenters. The van der Waals surface area contributed by atoms with E-state index < -0.39 is 5.97 Å². The Morgan fingerprint density at radius 1 is 0.966 bits per heavy atom. The minimum Gasteiger partial charge on any atom is -0.508 e. The van der Waals surface area contributed by atoms with Gasteiger partial charge in [-0.05, 0) is 76.9 Å². The highest BCUT2D eigenvalue weighted by Gasteiger charge is 2.32. The van der Waals surface area contributed by atoms with Crippen LogP contribution in [0.2, 0.25) is 0 Å². The van der Waals surface area contributed by atoms with Crippen LogP contribution in [0.4, 0.5) is 4.39 Å². The van der Waals surface area contributed by atoms with E-state index >= 15 is 0 Å². The first kappa shape index (κ1) is 18.9. The Bertz CT molecular complexity index is 1050. The van der Waals surface area contributed by atoms with Crippen molar-refractivity contribution >= 4 is 12.0 Å². The van der Waals surface area contributed by atoms with E-state index in [-0.39, 0.29) is 23.4 Å². The summed E-state index contributed by atoms with van der Waals surface area (Å²) in [5.41, 5.74) is 5.31. The van der Waals surface area contributed by atoms with Gasteiger partial charge in [0, 0.05) is 12.0 Å². The number of fused-ring (bicyclic) bond motifs is 1. The van der Waals surface area contributed by atoms with Gasteiger partial charge in [0.15, 0.2) is 0 Å². The number of halogens is 1. The van der Waals surface area contributed by atoms with Crippen LogP contribution in [0.25, 0.3) is 6.08 Å². The van der Waals surface area contributed by atoms with Crippen molar-refractivity contribution in [1.29, 1.82) is 0 Å². The fourth-order valence-corrected chi connectivity index (χ4v) is 4.27. The lowest BCUT2D eigenvalue weighted by molar-refractivity contribution is -0.131. The van der Waals surface area contributed by atoms with E-state index in [1.54, 1.807) is 12.1 Å². The lowest BCUT2D eigenvalue weighted by Gasteiger charge is -2.35. The molecular formula is C25H21FO3. The molecule has 0 unspecified atom stereocenters. The number of benzene rings is 3. The topological polar surface area (TPSA) is 57.5 Å². The second-order valence-electron chi connectivity index (χ2n) is 7.40. The standard InChI is InChI=1S/C25H21FO3/c26-20-9-6-17(7-10-20)22-12-8-19-15-21(27)11-13-23(19)25(22)18-4-1-16(2-5-18)3-14-24(28)29/h1-7,9-11,13-15,22,25,27H,8,12H2,(H,28,29)/t22-,25+/m1/s1. The van der Waals surface area contributed by atoms with Gasteiger partial charge in [-0.3, -0.25) is 0 Å². The number of carbonyl (C=O) groups is 1. The molecule has 1 aliphatic rings. The van der Waals surface area contributed by atoms with Gasteiger partial charge >= 0.3 is 5.97 Å². The molecule has 0 radical (unpaired) electrons. The molecule has 3 nitrogen and oxygen atoms in total. The van der Waals surface area contributed by atoms with Crippen molar-refractivity contribution in [2.24, 2.45) is 0 Å². The molecule has 4 heteroatoms. The maximum absolute atomic E-state index is 13.5. The number of aliphatic carboxylic acids is 1. The third kappa shape index (κ3) is 4.06. The Labute approximate surface area is 168 Å². The van der Waals surface area contributed by atoms with E-state index in [2.05, 4.69) is 0 Å². The Morgan fingerprint density at radius 3 is 2.34 bits per heavy atom. The molecule has 0 bridgehead atoms. The normalized spacial score (nSPS) is 18.5. The van der Waals surface area contributed by atoms with E-state index in [1.807, 2.05) is 48.5 Å². The summed E-state index contributed by atoms with van der Waals surface area (Å²) in [7, 11) is 0. The molecule has 2 N–H and O–H groups in total. The van der Waals surface area contributed by atoms with Crippen molar-refractivity contribution in [3.05, 3.63) is 106 Å². The van der Waals surface area contributed by atoms with Crippen LogP contribution in [-0.2, 0) is 11.2 Å². The predicted molar refractivity (Wildman–Crippen MR) is 111 cm³/mol. The zero-order valence-corrected chi connectivity index (χ0v) is 15.8. The number of rotatable bonds is 4. The minimum atomic E-state index is -0.980. The molecule has 3 aromatic rings. The molecule has 0 amide bonds. The summed E-state index contributed by atoms with van der Waals surface area (Å²) in [6.07, 6.45) is 4.43. The summed E-state index contributed by atoms with van der Waals surface area (Å²) in [6, 6.07) is 20.1. The number of aromatic hydroxyl groups is 1. The number of carboxylic acids is 1. The summed E-state index contributed by atoms with van der Waals surface area (Å²) >= 11 is 0. The van der Waals surface area contributed by atoms with Crippen molar-refractivity contribution in [2.45, 2.75) is 24.7 Å². The first-order chi connectivity index (χ1) is 14.0. The second kappa shape index (κ2) is 7.92. The Balaban J connectivity index is 1.76. The van der Waals surface area contributed by atoms with Gasteiger partial charge < -0.3 is 10.2 Å². The monoisotopic (exact) mass is 388 g/mol. The average molecular weight is 388 g/mol. The number of phenols is 1. The third-order valence-electron chi connectivity index (χ3n) is 5.60. The zero-order chi connectivity index (χ0) is 20.4. The van der Waals surface area contributed by atoms with Gasteiger partial charge in [-0.1, -0.05) is 42.5 Å². The van der Waals surface area contributed by atoms with E-state index in [9.17, 15) is 14.3 Å². The molecular weight excluding hydrogens is 367 g/mol. The van der Waals surface area contributed by atoms with Gasteiger partial charge in [-0.15, -0.1) is 0 Å². The van der Waals surface area contributed by atoms with Gasteiger partial charge in [0.25, 0.3) is 0 Å². The van der Waals surface area contributed by atoms with E-state index in [0.717, 1.165) is 46.7 Å². The van der Waals surface area contributed by atoms with Crippen LogP contribution in [0, 0.1) is 5.82 Å². The molecule has 29 heavy (non-hydrogen) atoms. The van der Waals surface area contributed by atoms with Crippen LogP contribution in [0.3, 0.4) is 0 Å². The highest BCUT2D eigenvalue weighted by Crippen LogP contribution is 2.46. The number of carboxylic acid groups (broad SMARTS) is 1. The average Bonchev–Trinajstić information content (AvgIpc) is 2.72. The van der Waals surface area contributed by atoms with Crippen LogP contribution in [0.5, 0.6) is 5.75 Å². The third-order valence-corrected chi connectivity index (χ3v) is 5.60. The second-order valence-corrected chi connectivity index (χ2v) is 7.40. The molecule has 0 saturated heterocycles. The Kier molecular flexibility index (Phi) is 5.17. The van der Waals surface area contributed by atoms with Crippen LogP contribution in [-0.4, -0.2) is 16.2 Å². The summed E-state index contributed by atoms with van der Waals surface area (Å²) < 4.78 is 13.5. The fraction of sp³-hybridized carbons (Fsp3) is 0.160. The zero-order valence-electron chi connectivity index (χ0n) is 15.8. The maximum atomic E-state index is 13.5. The van der Waals surface area contributed by atoms with Crippen molar-refractivity contribution in [1.82, 2.24) is 0 Å². The molecule has 0 fully saturated rings. The molecule has 1 aliphatic carbocycles. The molecule has 3 aromatic carbocycles. The molecule has 0 aliphatic heterocycles. The van der Waals surface area contributed by atoms with Crippen LogP contribution >= 0.6 is 0 Å². The smallest absolute Gasteiger partial charge is 0.328 e. The van der Waals surface area contributed by atoms with Gasteiger partial charge in [-0.2, -0.15) is 0 Å². The highest BCUT2D eigenvalue weighted by molar-refractivity contribution is 5.85. The van der Waals surface area contributed by atoms with Gasteiger partial charge in [-0.25, -0.2) is 9.18 Å². The summed E-state index contributed by atoms with van der Waals surface area (Å²) in [5.74, 6) is -0.709. The van der Waals surface area contributed by atoms with Crippen molar-refractivity contribution in [2.75, 3.05) is 0 Å². The fourth-order valence-electron chi connectivity index (χ4n) is 4.27. The van der Waals surface area contributed by atoms with E-state index in [0.29, 0.717) is 0 Å². The van der Waals surface area contributed by atoms with Crippen LogP contribution in [0.1, 0.15) is 46.1 Å². The number of aryl methyl sites for hydroxylation is 1. The molecule has 4 rings (SSSR count). The van der Waals surface area contributed by atoms with Crippen LogP contribution in [0.15, 0.2) is 72.8 Å². The summed E-state index contributed by atoms with van der Waals surface area (Å²) in [4.78, 5) is 10.7. The quantitative estimate of drug-likeness (QED) is 0.581. The lowest BCUT2D eigenvalue weighted by Crippen LogP contribution is -2.20. The van der Waals surface area contributed by atoms with Crippen LogP contribution < -0.4 is 0 Å². The van der Waals surface area contributed by atoms with E-state index in [1.165, 1.54) is 12.1 Å². The molecule has 146 valence electrons. The minimum absolute atomic E-state index is 0.0716. The first-order valence-corrected chi connectivity index (χ1v) is 9.59. The Morgan fingerprint density at radius 2 is 1.66 bits per heavy atom. The van der Waals surface area contributed by atoms with Crippen molar-refractivity contribution in [3.63, 3.8) is 0 Å². The highest BCUT2D eigenvalue weighted by atomic mass is 19.1. The number of hydrogen-bond donors (Lipinski definition) is 2. The predicted octanol–water partition coefficient (Wildman–Crippen LogP) is 5.49. The summed E-state index contributed by atoms with van der Waals surface area (Å²) in [6.45, 7) is 0. The molecule has 0 saturated carbocycles.